The maximum absolute atomic E-state index is 12.9. The van der Waals surface area contributed by atoms with Gasteiger partial charge >= 0.3 is 6.03 Å². The molecule has 134 valence electrons. The number of hydrogen-bond donors (Lipinski definition) is 2. The van der Waals surface area contributed by atoms with E-state index in [0.717, 1.165) is 34.2 Å². The zero-order chi connectivity index (χ0) is 18.2. The van der Waals surface area contributed by atoms with Gasteiger partial charge in [0, 0.05) is 4.47 Å². The molecule has 1 aromatic carbocycles. The van der Waals surface area contributed by atoms with Crippen LogP contribution in [0.4, 0.5) is 10.5 Å². The number of carbonyl (C=O) groups excluding carboxylic acids is 3. The molecule has 0 bridgehead atoms. The summed E-state index contributed by atoms with van der Waals surface area (Å²) < 4.78 is 0.760. The molecule has 3 rings (SSSR count). The predicted octanol–water partition coefficient (Wildman–Crippen LogP) is 3.20. The van der Waals surface area contributed by atoms with Gasteiger partial charge in [-0.15, -0.1) is 0 Å². The lowest BCUT2D eigenvalue weighted by Gasteiger charge is -2.36. The third-order valence-electron chi connectivity index (χ3n) is 5.20. The summed E-state index contributed by atoms with van der Waals surface area (Å²) in [7, 11) is 0. The summed E-state index contributed by atoms with van der Waals surface area (Å²) in [4.78, 5) is 38.5. The van der Waals surface area contributed by atoms with Crippen molar-refractivity contribution in [2.75, 3.05) is 11.9 Å². The van der Waals surface area contributed by atoms with Gasteiger partial charge in [0.2, 0.25) is 5.91 Å². The molecule has 1 heterocycles. The average molecular weight is 408 g/mol. The Morgan fingerprint density at radius 3 is 2.84 bits per heavy atom. The van der Waals surface area contributed by atoms with Crippen molar-refractivity contribution in [3.63, 3.8) is 0 Å². The van der Waals surface area contributed by atoms with Crippen molar-refractivity contribution < 1.29 is 14.4 Å². The van der Waals surface area contributed by atoms with Gasteiger partial charge in [0.25, 0.3) is 5.91 Å². The van der Waals surface area contributed by atoms with Crippen LogP contribution in [0.25, 0.3) is 0 Å². The molecule has 1 saturated heterocycles. The van der Waals surface area contributed by atoms with E-state index in [2.05, 4.69) is 26.6 Å². The fourth-order valence-electron chi connectivity index (χ4n) is 3.69. The first-order chi connectivity index (χ1) is 11.8. The second kappa shape index (κ2) is 6.78. The van der Waals surface area contributed by atoms with Crippen LogP contribution in [0, 0.1) is 12.8 Å². The van der Waals surface area contributed by atoms with Gasteiger partial charge in [-0.2, -0.15) is 0 Å². The number of amides is 4. The number of carbonyl (C=O) groups is 3. The first kappa shape index (κ1) is 17.9. The Labute approximate surface area is 155 Å². The Morgan fingerprint density at radius 2 is 2.16 bits per heavy atom. The van der Waals surface area contributed by atoms with E-state index in [-0.39, 0.29) is 18.4 Å². The minimum absolute atomic E-state index is 0.0806. The van der Waals surface area contributed by atoms with Gasteiger partial charge in [0.05, 0.1) is 5.69 Å². The van der Waals surface area contributed by atoms with Gasteiger partial charge in [0.1, 0.15) is 12.1 Å². The van der Waals surface area contributed by atoms with Gasteiger partial charge in [-0.25, -0.2) is 4.79 Å². The normalized spacial score (nSPS) is 26.0. The van der Waals surface area contributed by atoms with E-state index in [1.54, 1.807) is 6.07 Å². The minimum atomic E-state index is -0.833. The number of aryl methyl sites for hydroxylation is 1. The number of nitrogens with one attached hydrogen (secondary N) is 2. The molecular formula is C18H22BrN3O3. The molecule has 7 heteroatoms. The maximum atomic E-state index is 12.9. The molecule has 6 nitrogen and oxygen atoms in total. The van der Waals surface area contributed by atoms with Crippen molar-refractivity contribution >= 4 is 39.5 Å². The Bertz CT molecular complexity index is 736. The number of halogens is 1. The topological polar surface area (TPSA) is 78.5 Å². The highest BCUT2D eigenvalue weighted by Crippen LogP contribution is 2.38. The van der Waals surface area contributed by atoms with Crippen LogP contribution in [0.1, 0.15) is 38.2 Å². The van der Waals surface area contributed by atoms with Gasteiger partial charge in [-0.1, -0.05) is 25.8 Å². The number of hydrogen-bond acceptors (Lipinski definition) is 3. The number of rotatable bonds is 3. The van der Waals surface area contributed by atoms with Crippen LogP contribution in [0.3, 0.4) is 0 Å². The largest absolute Gasteiger partial charge is 0.325 e. The molecule has 2 aliphatic rings. The van der Waals surface area contributed by atoms with Crippen LogP contribution in [-0.2, 0) is 9.59 Å². The summed E-state index contributed by atoms with van der Waals surface area (Å²) >= 11 is 3.40. The highest BCUT2D eigenvalue weighted by atomic mass is 79.9. The molecule has 25 heavy (non-hydrogen) atoms. The quantitative estimate of drug-likeness (QED) is 0.755. The average Bonchev–Trinajstić information content (AvgIpc) is 2.78. The van der Waals surface area contributed by atoms with Crippen LogP contribution in [0.5, 0.6) is 0 Å². The van der Waals surface area contributed by atoms with Crippen LogP contribution in [0.15, 0.2) is 22.7 Å². The van der Waals surface area contributed by atoms with E-state index in [0.29, 0.717) is 12.1 Å². The maximum Gasteiger partial charge on any atom is 0.325 e. The monoisotopic (exact) mass is 407 g/mol. The lowest BCUT2D eigenvalue weighted by atomic mass is 9.73. The zero-order valence-corrected chi connectivity index (χ0v) is 16.0. The molecule has 1 aliphatic heterocycles. The molecule has 1 aromatic rings. The van der Waals surface area contributed by atoms with E-state index < -0.39 is 17.5 Å². The second-order valence-electron chi connectivity index (χ2n) is 6.97. The number of urea groups is 1. The van der Waals surface area contributed by atoms with Crippen molar-refractivity contribution in [3.8, 4) is 0 Å². The summed E-state index contributed by atoms with van der Waals surface area (Å²) in [6.07, 6.45) is 3.52. The first-order valence-corrected chi connectivity index (χ1v) is 9.33. The van der Waals surface area contributed by atoms with E-state index in [1.807, 2.05) is 26.0 Å². The van der Waals surface area contributed by atoms with Gasteiger partial charge < -0.3 is 10.6 Å². The van der Waals surface area contributed by atoms with Crippen LogP contribution in [0.2, 0.25) is 0 Å². The molecule has 0 radical (unpaired) electrons. The molecule has 4 amide bonds. The molecule has 2 atom stereocenters. The van der Waals surface area contributed by atoms with Gasteiger partial charge in [-0.3, -0.25) is 14.5 Å². The molecule has 2 fully saturated rings. The van der Waals surface area contributed by atoms with Crippen LogP contribution < -0.4 is 10.6 Å². The van der Waals surface area contributed by atoms with Crippen molar-refractivity contribution in [2.24, 2.45) is 5.92 Å². The molecule has 0 aromatic heterocycles. The Kier molecular flexibility index (Phi) is 4.86. The van der Waals surface area contributed by atoms with E-state index in [4.69, 9.17) is 0 Å². The van der Waals surface area contributed by atoms with Crippen molar-refractivity contribution in [1.82, 2.24) is 10.2 Å². The molecule has 0 unspecified atom stereocenters. The third kappa shape index (κ3) is 3.29. The fraction of sp³-hybridized carbons (Fsp3) is 0.500. The van der Waals surface area contributed by atoms with Crippen molar-refractivity contribution in [2.45, 2.75) is 45.1 Å². The van der Waals surface area contributed by atoms with E-state index >= 15 is 0 Å². The summed E-state index contributed by atoms with van der Waals surface area (Å²) in [5, 5.41) is 5.60. The lowest BCUT2D eigenvalue weighted by molar-refractivity contribution is -0.136. The molecule has 1 aliphatic carbocycles. The van der Waals surface area contributed by atoms with E-state index in [1.165, 1.54) is 0 Å². The number of anilines is 1. The van der Waals surface area contributed by atoms with E-state index in [9.17, 15) is 14.4 Å². The summed E-state index contributed by atoms with van der Waals surface area (Å²) in [5.41, 5.74) is 0.843. The van der Waals surface area contributed by atoms with Crippen molar-refractivity contribution in [3.05, 3.63) is 28.2 Å². The summed E-state index contributed by atoms with van der Waals surface area (Å²) in [6, 6.07) is 5.08. The van der Waals surface area contributed by atoms with Crippen LogP contribution in [-0.4, -0.2) is 34.8 Å². The Hall–Kier alpha value is -1.89. The third-order valence-corrected chi connectivity index (χ3v) is 5.86. The molecule has 1 saturated carbocycles. The zero-order valence-electron chi connectivity index (χ0n) is 14.4. The smallest absolute Gasteiger partial charge is 0.323 e. The molecule has 2 N–H and O–H groups in total. The summed E-state index contributed by atoms with van der Waals surface area (Å²) in [5.74, 6) is -0.589. The van der Waals surface area contributed by atoms with Gasteiger partial charge in [0.15, 0.2) is 0 Å². The molecular weight excluding hydrogens is 386 g/mol. The Morgan fingerprint density at radius 1 is 1.40 bits per heavy atom. The summed E-state index contributed by atoms with van der Waals surface area (Å²) in [6.45, 7) is 3.66. The fourth-order valence-corrected chi connectivity index (χ4v) is 4.29. The van der Waals surface area contributed by atoms with Gasteiger partial charge in [-0.05, 0) is 59.3 Å². The predicted molar refractivity (Wildman–Crippen MR) is 98.1 cm³/mol. The Balaban J connectivity index is 1.71. The highest BCUT2D eigenvalue weighted by Gasteiger charge is 2.55. The minimum Gasteiger partial charge on any atom is -0.323 e. The number of benzene rings is 1. The van der Waals surface area contributed by atoms with Crippen molar-refractivity contribution in [1.29, 1.82) is 0 Å². The highest BCUT2D eigenvalue weighted by molar-refractivity contribution is 9.10. The SMILES string of the molecule is Cc1ccc(NC(=O)CN2C(=O)N[C@@]3(CCCC[C@@H]3C)C2=O)c(Br)c1. The standard InChI is InChI=1S/C18H22BrN3O3/c1-11-6-7-14(13(19)9-11)20-15(23)10-22-16(24)18(21-17(22)25)8-4-3-5-12(18)2/h6-7,9,12H,3-5,8,10H2,1-2H3,(H,20,23)(H,21,25)/t12-,18+/m0/s1. The van der Waals surface area contributed by atoms with Crippen LogP contribution >= 0.6 is 15.9 Å². The first-order valence-electron chi connectivity index (χ1n) is 8.53. The number of nitrogens with zero attached hydrogens (tertiary/aromatic N) is 1. The number of imide groups is 1. The second-order valence-corrected chi connectivity index (χ2v) is 7.83. The molecule has 1 spiro atoms. The lowest BCUT2D eigenvalue weighted by Crippen LogP contribution is -2.54.